The van der Waals surface area contributed by atoms with Crippen molar-refractivity contribution in [2.45, 2.75) is 19.4 Å². The van der Waals surface area contributed by atoms with Gasteiger partial charge in [-0.2, -0.15) is 0 Å². The van der Waals surface area contributed by atoms with E-state index in [0.717, 1.165) is 4.47 Å². The van der Waals surface area contributed by atoms with Crippen molar-refractivity contribution in [1.82, 2.24) is 0 Å². The third kappa shape index (κ3) is 3.20. The van der Waals surface area contributed by atoms with E-state index in [1.807, 2.05) is 0 Å². The molecule has 2 N–H and O–H groups in total. The Kier molecular flexibility index (Phi) is 4.96. The molecule has 0 aliphatic heterocycles. The number of aliphatic hydroxyl groups excluding tert-OH is 1. The summed E-state index contributed by atoms with van der Waals surface area (Å²) in [5, 5.41) is 19.1. The van der Waals surface area contributed by atoms with Gasteiger partial charge in [0.05, 0.1) is 19.1 Å². The molecule has 1 aromatic rings. The largest absolute Gasteiger partial charge is 0.496 e. The second kappa shape index (κ2) is 6.02. The maximum Gasteiger partial charge on any atom is 0.309 e. The Morgan fingerprint density at radius 2 is 2.18 bits per heavy atom. The van der Waals surface area contributed by atoms with Gasteiger partial charge in [-0.1, -0.05) is 22.9 Å². The number of ether oxygens (including phenoxy) is 1. The highest BCUT2D eigenvalue weighted by atomic mass is 79.9. The zero-order chi connectivity index (χ0) is 13.0. The highest BCUT2D eigenvalue weighted by Crippen LogP contribution is 2.33. The number of hydrogen-bond acceptors (Lipinski definition) is 3. The van der Waals surface area contributed by atoms with Crippen LogP contribution in [0.15, 0.2) is 22.7 Å². The number of carboxylic acids is 1. The highest BCUT2D eigenvalue weighted by Gasteiger charge is 2.28. The fourth-order valence-electron chi connectivity index (χ4n) is 1.69. The lowest BCUT2D eigenvalue weighted by Crippen LogP contribution is -2.21. The molecule has 5 heteroatoms. The lowest BCUT2D eigenvalue weighted by Gasteiger charge is -2.20. The van der Waals surface area contributed by atoms with Crippen molar-refractivity contribution in [3.05, 3.63) is 28.2 Å². The summed E-state index contributed by atoms with van der Waals surface area (Å²) in [6.45, 7) is 1.73. The summed E-state index contributed by atoms with van der Waals surface area (Å²) in [5.41, 5.74) is 0.483. The van der Waals surface area contributed by atoms with Gasteiger partial charge in [0.2, 0.25) is 0 Å². The Bertz CT molecular complexity index is 405. The molecule has 0 saturated carbocycles. The number of carboxylic acid groups (broad SMARTS) is 1. The van der Waals surface area contributed by atoms with E-state index < -0.39 is 18.0 Å². The first kappa shape index (κ1) is 14.0. The highest BCUT2D eigenvalue weighted by molar-refractivity contribution is 9.10. The van der Waals surface area contributed by atoms with Gasteiger partial charge in [0.1, 0.15) is 5.75 Å². The van der Waals surface area contributed by atoms with E-state index >= 15 is 0 Å². The van der Waals surface area contributed by atoms with Crippen molar-refractivity contribution >= 4 is 21.9 Å². The molecule has 0 fully saturated rings. The second-order valence-electron chi connectivity index (χ2n) is 3.68. The number of hydrogen-bond donors (Lipinski definition) is 2. The summed E-state index contributed by atoms with van der Waals surface area (Å²) >= 11 is 3.29. The number of benzene rings is 1. The van der Waals surface area contributed by atoms with Gasteiger partial charge < -0.3 is 14.9 Å². The van der Waals surface area contributed by atoms with E-state index in [0.29, 0.717) is 17.7 Å². The minimum atomic E-state index is -1.08. The van der Waals surface area contributed by atoms with E-state index in [4.69, 9.17) is 9.84 Å². The van der Waals surface area contributed by atoms with E-state index in [1.54, 1.807) is 25.1 Å². The van der Waals surface area contributed by atoms with Crippen LogP contribution in [0.4, 0.5) is 0 Å². The van der Waals surface area contributed by atoms with Gasteiger partial charge >= 0.3 is 5.97 Å². The SMILES string of the molecule is CCC(C(=O)O)C(O)c1cc(Br)ccc1OC. The quantitative estimate of drug-likeness (QED) is 0.877. The van der Waals surface area contributed by atoms with Gasteiger partial charge in [-0.3, -0.25) is 4.79 Å². The molecule has 0 aromatic heterocycles. The molecular formula is C12H15BrO4. The zero-order valence-corrected chi connectivity index (χ0v) is 11.3. The summed E-state index contributed by atoms with van der Waals surface area (Å²) in [6.07, 6.45) is -0.725. The van der Waals surface area contributed by atoms with Crippen molar-refractivity contribution in [1.29, 1.82) is 0 Å². The van der Waals surface area contributed by atoms with Gasteiger partial charge in [0, 0.05) is 10.0 Å². The van der Waals surface area contributed by atoms with Crippen LogP contribution < -0.4 is 4.74 Å². The van der Waals surface area contributed by atoms with Crippen molar-refractivity contribution in [3.63, 3.8) is 0 Å². The Morgan fingerprint density at radius 3 is 2.65 bits per heavy atom. The Hall–Kier alpha value is -1.07. The minimum Gasteiger partial charge on any atom is -0.496 e. The number of halogens is 1. The summed E-state index contributed by atoms with van der Waals surface area (Å²) < 4.78 is 5.89. The molecule has 0 aliphatic carbocycles. The number of rotatable bonds is 5. The van der Waals surface area contributed by atoms with Gasteiger partial charge in [-0.15, -0.1) is 0 Å². The van der Waals surface area contributed by atoms with E-state index in [-0.39, 0.29) is 0 Å². The van der Waals surface area contributed by atoms with Crippen LogP contribution >= 0.6 is 15.9 Å². The number of aliphatic hydroxyl groups is 1. The van der Waals surface area contributed by atoms with Crippen LogP contribution in [0.2, 0.25) is 0 Å². The van der Waals surface area contributed by atoms with E-state index in [2.05, 4.69) is 15.9 Å². The maximum absolute atomic E-state index is 11.0. The molecule has 0 amide bonds. The minimum absolute atomic E-state index is 0.353. The monoisotopic (exact) mass is 302 g/mol. The second-order valence-corrected chi connectivity index (χ2v) is 4.60. The summed E-state index contributed by atoms with van der Waals surface area (Å²) in [5.74, 6) is -1.36. The van der Waals surface area contributed by atoms with Crippen LogP contribution in [-0.4, -0.2) is 23.3 Å². The summed E-state index contributed by atoms with van der Waals surface area (Å²) in [6, 6.07) is 5.14. The molecule has 4 nitrogen and oxygen atoms in total. The van der Waals surface area contributed by atoms with Crippen LogP contribution in [0.5, 0.6) is 5.75 Å². The molecule has 0 heterocycles. The molecule has 2 unspecified atom stereocenters. The molecule has 0 spiro atoms. The molecule has 1 aromatic carbocycles. The summed E-state index contributed by atoms with van der Waals surface area (Å²) in [7, 11) is 1.49. The normalized spacial score (nSPS) is 14.1. The Labute approximate surface area is 108 Å². The number of methoxy groups -OCH3 is 1. The molecule has 94 valence electrons. The first-order chi connectivity index (χ1) is 8.01. The molecule has 2 atom stereocenters. The zero-order valence-electron chi connectivity index (χ0n) is 9.68. The van der Waals surface area contributed by atoms with E-state index in [9.17, 15) is 9.90 Å². The van der Waals surface area contributed by atoms with Crippen molar-refractivity contribution in [3.8, 4) is 5.75 Å². The Balaban J connectivity index is 3.13. The average molecular weight is 303 g/mol. The Morgan fingerprint density at radius 1 is 1.53 bits per heavy atom. The molecule has 0 aliphatic rings. The molecule has 1 rings (SSSR count). The van der Waals surface area contributed by atoms with Crippen molar-refractivity contribution in [2.24, 2.45) is 5.92 Å². The first-order valence-electron chi connectivity index (χ1n) is 5.25. The van der Waals surface area contributed by atoms with Crippen LogP contribution in [0.3, 0.4) is 0 Å². The number of aliphatic carboxylic acids is 1. The van der Waals surface area contributed by atoms with Gasteiger partial charge in [-0.05, 0) is 24.6 Å². The van der Waals surface area contributed by atoms with E-state index in [1.165, 1.54) is 7.11 Å². The molecule has 0 bridgehead atoms. The lowest BCUT2D eigenvalue weighted by atomic mass is 9.93. The van der Waals surface area contributed by atoms with Gasteiger partial charge in [0.25, 0.3) is 0 Å². The molecule has 0 saturated heterocycles. The molecule has 0 radical (unpaired) electrons. The fourth-order valence-corrected chi connectivity index (χ4v) is 2.06. The topological polar surface area (TPSA) is 66.8 Å². The first-order valence-corrected chi connectivity index (χ1v) is 6.04. The predicted octanol–water partition coefficient (Wildman–Crippen LogP) is 2.60. The maximum atomic E-state index is 11.0. The van der Waals surface area contributed by atoms with Crippen LogP contribution in [0, 0.1) is 5.92 Å². The lowest BCUT2D eigenvalue weighted by molar-refractivity contribution is -0.146. The van der Waals surface area contributed by atoms with Gasteiger partial charge in [0.15, 0.2) is 0 Å². The number of carbonyl (C=O) groups is 1. The van der Waals surface area contributed by atoms with Crippen molar-refractivity contribution < 1.29 is 19.7 Å². The molecule has 17 heavy (non-hydrogen) atoms. The average Bonchev–Trinajstić information content (AvgIpc) is 2.29. The van der Waals surface area contributed by atoms with Crippen LogP contribution in [-0.2, 0) is 4.79 Å². The summed E-state index contributed by atoms with van der Waals surface area (Å²) in [4.78, 5) is 11.0. The van der Waals surface area contributed by atoms with Crippen molar-refractivity contribution in [2.75, 3.05) is 7.11 Å². The fraction of sp³-hybridized carbons (Fsp3) is 0.417. The smallest absolute Gasteiger partial charge is 0.309 e. The van der Waals surface area contributed by atoms with Crippen LogP contribution in [0.1, 0.15) is 25.0 Å². The third-order valence-electron chi connectivity index (χ3n) is 2.65. The predicted molar refractivity (Wildman–Crippen MR) is 67.1 cm³/mol. The van der Waals surface area contributed by atoms with Gasteiger partial charge in [-0.25, -0.2) is 0 Å². The third-order valence-corrected chi connectivity index (χ3v) is 3.14. The van der Waals surface area contributed by atoms with Crippen LogP contribution in [0.25, 0.3) is 0 Å². The standard InChI is InChI=1S/C12H15BrO4/c1-3-8(12(15)16)11(14)9-6-7(13)4-5-10(9)17-2/h4-6,8,11,14H,3H2,1-2H3,(H,15,16). The molecular weight excluding hydrogens is 288 g/mol.